The molecule has 0 fully saturated rings. The van der Waals surface area contributed by atoms with Gasteiger partial charge in [-0.25, -0.2) is 4.79 Å². The number of hydrogen-bond acceptors (Lipinski definition) is 6. The van der Waals surface area contributed by atoms with Gasteiger partial charge in [0.05, 0.1) is 19.8 Å². The van der Waals surface area contributed by atoms with Crippen molar-refractivity contribution in [3.05, 3.63) is 64.8 Å². The van der Waals surface area contributed by atoms with Crippen molar-refractivity contribution in [3.8, 4) is 5.75 Å². The Labute approximate surface area is 215 Å². The summed E-state index contributed by atoms with van der Waals surface area (Å²) < 4.78 is 11.6. The Morgan fingerprint density at radius 1 is 1.14 bits per heavy atom. The maximum absolute atomic E-state index is 11.8. The average Bonchev–Trinajstić information content (AvgIpc) is 3.24. The smallest absolute Gasteiger partial charge is 0.354 e. The Morgan fingerprint density at radius 3 is 2.50 bits per heavy atom. The molecule has 0 unspecified atom stereocenters. The third-order valence-electron chi connectivity index (χ3n) is 7.17. The monoisotopic (exact) mass is 512 g/mol. The highest BCUT2D eigenvalue weighted by Gasteiger charge is 2.39. The second-order valence-corrected chi connectivity index (χ2v) is 15.8. The highest BCUT2D eigenvalue weighted by atomic mass is 28.4. The standard InChI is InChI=1S/C28H40N2O5Si/c1-18(12-19-8-10-23-21(13-19)15-24(30-23)27(33)34-5)29-16-26(35-36(6,7)28(2,3)4)20-9-11-25(32)22(14-20)17-31/h8-11,13-15,18,26,29-32H,12,16-17H2,1-7H3/t18-,26-/m1/s1. The first kappa shape index (κ1) is 27.9. The van der Waals surface area contributed by atoms with Gasteiger partial charge in [-0.1, -0.05) is 32.9 Å². The highest BCUT2D eigenvalue weighted by molar-refractivity contribution is 6.74. The Bertz CT molecular complexity index is 1200. The van der Waals surface area contributed by atoms with Crippen LogP contribution in [0.4, 0.5) is 0 Å². The lowest BCUT2D eigenvalue weighted by Gasteiger charge is -2.40. The number of carbonyl (C=O) groups excluding carboxylic acids is 1. The number of hydrogen-bond donors (Lipinski definition) is 4. The largest absolute Gasteiger partial charge is 0.508 e. The van der Waals surface area contributed by atoms with Gasteiger partial charge in [0.25, 0.3) is 0 Å². The Balaban J connectivity index is 1.75. The van der Waals surface area contributed by atoms with Gasteiger partial charge >= 0.3 is 5.97 Å². The predicted molar refractivity (Wildman–Crippen MR) is 146 cm³/mol. The van der Waals surface area contributed by atoms with Crippen molar-refractivity contribution >= 4 is 25.2 Å². The SMILES string of the molecule is COC(=O)c1cc2cc(C[C@@H](C)NC[C@@H](O[Si](C)(C)C(C)(C)C)c3ccc(O)c(CO)c3)ccc2[nH]1. The lowest BCUT2D eigenvalue weighted by Crippen LogP contribution is -2.44. The molecule has 3 aromatic rings. The van der Waals surface area contributed by atoms with E-state index in [1.165, 1.54) is 7.11 Å². The maximum atomic E-state index is 11.8. The number of benzene rings is 2. The number of ether oxygens (including phenoxy) is 1. The van der Waals surface area contributed by atoms with Gasteiger partial charge in [-0.3, -0.25) is 0 Å². The first-order valence-electron chi connectivity index (χ1n) is 12.4. The Hall–Kier alpha value is -2.65. The van der Waals surface area contributed by atoms with Crippen molar-refractivity contribution in [1.82, 2.24) is 10.3 Å². The fourth-order valence-electron chi connectivity index (χ4n) is 3.96. The van der Waals surface area contributed by atoms with E-state index in [1.54, 1.807) is 6.07 Å². The minimum Gasteiger partial charge on any atom is -0.508 e. The number of aromatic amines is 1. The van der Waals surface area contributed by atoms with E-state index in [-0.39, 0.29) is 35.5 Å². The fraction of sp³-hybridized carbons (Fsp3) is 0.464. The number of rotatable bonds is 10. The zero-order valence-electron chi connectivity index (χ0n) is 22.4. The number of aliphatic hydroxyl groups is 1. The second-order valence-electron chi connectivity index (χ2n) is 11.0. The molecule has 0 aliphatic heterocycles. The van der Waals surface area contributed by atoms with E-state index in [0.717, 1.165) is 28.5 Å². The first-order valence-corrected chi connectivity index (χ1v) is 15.3. The molecular formula is C28H40N2O5Si. The molecule has 1 heterocycles. The van der Waals surface area contributed by atoms with Gasteiger partial charge in [0.1, 0.15) is 11.4 Å². The van der Waals surface area contributed by atoms with Gasteiger partial charge in [0.15, 0.2) is 8.32 Å². The molecule has 8 heteroatoms. The summed E-state index contributed by atoms with van der Waals surface area (Å²) in [5.41, 5.74) is 3.93. The minimum absolute atomic E-state index is 0.0443. The van der Waals surface area contributed by atoms with Crippen molar-refractivity contribution < 1.29 is 24.2 Å². The molecule has 36 heavy (non-hydrogen) atoms. The quantitative estimate of drug-likeness (QED) is 0.213. The number of H-pyrrole nitrogens is 1. The molecule has 4 N–H and O–H groups in total. The average molecular weight is 513 g/mol. The fourth-order valence-corrected chi connectivity index (χ4v) is 5.24. The molecule has 3 rings (SSSR count). The van der Waals surface area contributed by atoms with Gasteiger partial charge in [0.2, 0.25) is 0 Å². The van der Waals surface area contributed by atoms with E-state index in [9.17, 15) is 15.0 Å². The number of aromatic nitrogens is 1. The lowest BCUT2D eigenvalue weighted by molar-refractivity contribution is 0.0595. The van der Waals surface area contributed by atoms with Crippen molar-refractivity contribution in [2.45, 2.75) is 71.0 Å². The van der Waals surface area contributed by atoms with E-state index in [1.807, 2.05) is 24.3 Å². The molecule has 1 aromatic heterocycles. The molecule has 0 saturated carbocycles. The number of fused-ring (bicyclic) bond motifs is 1. The van der Waals surface area contributed by atoms with Crippen molar-refractivity contribution in [3.63, 3.8) is 0 Å². The number of aliphatic hydroxyl groups excluding tert-OH is 1. The van der Waals surface area contributed by atoms with Gasteiger partial charge < -0.3 is 29.7 Å². The zero-order chi connectivity index (χ0) is 26.7. The second kappa shape index (κ2) is 11.2. The van der Waals surface area contributed by atoms with Crippen LogP contribution in [0.2, 0.25) is 18.1 Å². The van der Waals surface area contributed by atoms with E-state index < -0.39 is 8.32 Å². The van der Waals surface area contributed by atoms with E-state index in [2.05, 4.69) is 63.2 Å². The Kier molecular flexibility index (Phi) is 8.66. The highest BCUT2D eigenvalue weighted by Crippen LogP contribution is 2.40. The number of phenols is 1. The van der Waals surface area contributed by atoms with Crippen LogP contribution in [0.1, 0.15) is 61.0 Å². The molecule has 0 aliphatic rings. The van der Waals surface area contributed by atoms with Crippen LogP contribution in [0.3, 0.4) is 0 Å². The minimum atomic E-state index is -2.09. The molecular weight excluding hydrogens is 472 g/mol. The van der Waals surface area contributed by atoms with Crippen LogP contribution in [-0.4, -0.2) is 49.2 Å². The van der Waals surface area contributed by atoms with E-state index >= 15 is 0 Å². The molecule has 7 nitrogen and oxygen atoms in total. The van der Waals surface area contributed by atoms with Crippen LogP contribution >= 0.6 is 0 Å². The number of methoxy groups -OCH3 is 1. The Morgan fingerprint density at radius 2 is 1.86 bits per heavy atom. The summed E-state index contributed by atoms with van der Waals surface area (Å²) in [5.74, 6) is -0.293. The third kappa shape index (κ3) is 6.56. The summed E-state index contributed by atoms with van der Waals surface area (Å²) in [5, 5.41) is 24.3. The van der Waals surface area contributed by atoms with E-state index in [0.29, 0.717) is 17.8 Å². The van der Waals surface area contributed by atoms with Crippen molar-refractivity contribution in [2.75, 3.05) is 13.7 Å². The van der Waals surface area contributed by atoms with Crippen LogP contribution < -0.4 is 5.32 Å². The van der Waals surface area contributed by atoms with Crippen molar-refractivity contribution in [2.24, 2.45) is 0 Å². The number of nitrogens with one attached hydrogen (secondary N) is 2. The van der Waals surface area contributed by atoms with Crippen LogP contribution in [0, 0.1) is 0 Å². The molecule has 0 spiro atoms. The van der Waals surface area contributed by atoms with Crippen LogP contribution in [-0.2, 0) is 22.2 Å². The lowest BCUT2D eigenvalue weighted by atomic mass is 10.0. The van der Waals surface area contributed by atoms with Gasteiger partial charge in [-0.2, -0.15) is 0 Å². The van der Waals surface area contributed by atoms with Crippen LogP contribution in [0.5, 0.6) is 5.75 Å². The molecule has 0 bridgehead atoms. The zero-order valence-corrected chi connectivity index (χ0v) is 23.4. The summed E-state index contributed by atoms with van der Waals surface area (Å²) in [6.07, 6.45) is 0.591. The molecule has 0 radical (unpaired) electrons. The normalized spacial score (nSPS) is 14.1. The molecule has 0 saturated heterocycles. The summed E-state index contributed by atoms with van der Waals surface area (Å²) in [6, 6.07) is 13.5. The number of esters is 1. The molecule has 0 aliphatic carbocycles. The molecule has 196 valence electrons. The van der Waals surface area contributed by atoms with Gasteiger partial charge in [0, 0.05) is 29.1 Å². The number of aromatic hydroxyl groups is 1. The summed E-state index contributed by atoms with van der Waals surface area (Å²) >= 11 is 0. The van der Waals surface area contributed by atoms with E-state index in [4.69, 9.17) is 9.16 Å². The van der Waals surface area contributed by atoms with Gasteiger partial charge in [-0.05, 0) is 72.9 Å². The molecule has 2 atom stereocenters. The topological polar surface area (TPSA) is 104 Å². The maximum Gasteiger partial charge on any atom is 0.354 e. The summed E-state index contributed by atoms with van der Waals surface area (Å²) in [6.45, 7) is 13.6. The van der Waals surface area contributed by atoms with Crippen LogP contribution in [0.25, 0.3) is 10.9 Å². The van der Waals surface area contributed by atoms with Crippen LogP contribution in [0.15, 0.2) is 42.5 Å². The molecule has 2 aromatic carbocycles. The summed E-state index contributed by atoms with van der Waals surface area (Å²) in [7, 11) is -0.713. The van der Waals surface area contributed by atoms with Gasteiger partial charge in [-0.15, -0.1) is 0 Å². The summed E-state index contributed by atoms with van der Waals surface area (Å²) in [4.78, 5) is 14.9. The first-order chi connectivity index (χ1) is 16.8. The molecule has 0 amide bonds. The number of carbonyl (C=O) groups is 1. The third-order valence-corrected chi connectivity index (χ3v) is 11.7. The van der Waals surface area contributed by atoms with Crippen molar-refractivity contribution in [1.29, 1.82) is 0 Å². The predicted octanol–water partition coefficient (Wildman–Crippen LogP) is 5.44.